The lowest BCUT2D eigenvalue weighted by molar-refractivity contribution is 0.298. The summed E-state index contributed by atoms with van der Waals surface area (Å²) >= 11 is 0. The van der Waals surface area contributed by atoms with Crippen LogP contribution in [-0.4, -0.2) is 15.0 Å². The van der Waals surface area contributed by atoms with E-state index in [1.54, 1.807) is 23.2 Å². The molecule has 0 bridgehead atoms. The Kier molecular flexibility index (Phi) is 3.50. The third-order valence-electron chi connectivity index (χ3n) is 4.21. The lowest BCUT2D eigenvalue weighted by Crippen LogP contribution is -2.00. The van der Waals surface area contributed by atoms with E-state index in [1.807, 2.05) is 42.5 Å². The number of ether oxygens (including phenoxy) is 1. The van der Waals surface area contributed by atoms with Crippen molar-refractivity contribution in [1.82, 2.24) is 15.0 Å². The second-order valence-corrected chi connectivity index (χ2v) is 6.00. The fourth-order valence-corrected chi connectivity index (χ4v) is 2.95. The number of hydrogen-bond donors (Lipinski definition) is 0. The lowest BCUT2D eigenvalue weighted by atomic mass is 10.1. The van der Waals surface area contributed by atoms with Crippen LogP contribution in [0.3, 0.4) is 0 Å². The summed E-state index contributed by atoms with van der Waals surface area (Å²) in [5.74, 6) is 0.375. The van der Waals surface area contributed by atoms with Gasteiger partial charge in [-0.3, -0.25) is 0 Å². The minimum absolute atomic E-state index is 0.153. The molecule has 0 atom stereocenters. The van der Waals surface area contributed by atoms with Gasteiger partial charge in [0, 0.05) is 16.8 Å². The quantitative estimate of drug-likeness (QED) is 0.455. The average Bonchev–Trinajstić information content (AvgIpc) is 3.35. The standard InChI is InChI=1S/C20H13N3O4/c24-17-7-6-13-10-14-8-9-25-18(14)20(19(13)27-17)26-12-15-11-23(22-21-15)16-4-2-1-3-5-16/h1-11H,12H2. The molecule has 0 saturated carbocycles. The first-order chi connectivity index (χ1) is 13.3. The Hall–Kier alpha value is -3.87. The van der Waals surface area contributed by atoms with Crippen molar-refractivity contribution in [3.63, 3.8) is 0 Å². The van der Waals surface area contributed by atoms with Crippen LogP contribution in [0.15, 0.2) is 80.7 Å². The van der Waals surface area contributed by atoms with Crippen molar-refractivity contribution in [1.29, 1.82) is 0 Å². The fraction of sp³-hybridized carbons (Fsp3) is 0.0500. The highest BCUT2D eigenvalue weighted by atomic mass is 16.5. The van der Waals surface area contributed by atoms with Crippen molar-refractivity contribution in [2.75, 3.05) is 0 Å². The maximum atomic E-state index is 11.7. The number of para-hydroxylation sites is 1. The van der Waals surface area contributed by atoms with E-state index in [0.717, 1.165) is 16.5 Å². The molecule has 0 unspecified atom stereocenters. The third-order valence-corrected chi connectivity index (χ3v) is 4.21. The van der Waals surface area contributed by atoms with Gasteiger partial charge in [-0.15, -0.1) is 5.10 Å². The molecule has 0 aliphatic rings. The first-order valence-corrected chi connectivity index (χ1v) is 8.31. The molecule has 7 nitrogen and oxygen atoms in total. The second-order valence-electron chi connectivity index (χ2n) is 6.00. The first kappa shape index (κ1) is 15.4. The van der Waals surface area contributed by atoms with E-state index in [4.69, 9.17) is 13.6 Å². The van der Waals surface area contributed by atoms with Crippen LogP contribution >= 0.6 is 0 Å². The maximum Gasteiger partial charge on any atom is 0.336 e. The van der Waals surface area contributed by atoms with Crippen molar-refractivity contribution in [3.8, 4) is 11.4 Å². The Bertz CT molecular complexity index is 1300. The maximum absolute atomic E-state index is 11.7. The summed E-state index contributed by atoms with van der Waals surface area (Å²) in [7, 11) is 0. The molecule has 0 saturated heterocycles. The molecule has 3 aromatic heterocycles. The average molecular weight is 359 g/mol. The van der Waals surface area contributed by atoms with Crippen LogP contribution in [0, 0.1) is 0 Å². The van der Waals surface area contributed by atoms with Gasteiger partial charge in [-0.25, -0.2) is 9.48 Å². The van der Waals surface area contributed by atoms with Gasteiger partial charge in [0.2, 0.25) is 5.75 Å². The first-order valence-electron chi connectivity index (χ1n) is 8.31. The number of rotatable bonds is 4. The zero-order chi connectivity index (χ0) is 18.2. The summed E-state index contributed by atoms with van der Waals surface area (Å²) < 4.78 is 18.5. The Morgan fingerprint density at radius 3 is 2.74 bits per heavy atom. The van der Waals surface area contributed by atoms with Crippen LogP contribution in [0.1, 0.15) is 5.69 Å². The molecule has 27 heavy (non-hydrogen) atoms. The summed E-state index contributed by atoms with van der Waals surface area (Å²) in [5.41, 5.74) is 1.95. The Morgan fingerprint density at radius 1 is 1.00 bits per heavy atom. The van der Waals surface area contributed by atoms with Crippen LogP contribution in [0.4, 0.5) is 0 Å². The molecule has 2 aromatic carbocycles. The molecule has 5 rings (SSSR count). The van der Waals surface area contributed by atoms with E-state index in [2.05, 4.69) is 10.3 Å². The molecule has 0 aliphatic carbocycles. The number of hydrogen-bond acceptors (Lipinski definition) is 6. The molecule has 7 heteroatoms. The minimum Gasteiger partial charge on any atom is -0.480 e. The molecule has 0 fully saturated rings. The number of furan rings is 1. The zero-order valence-electron chi connectivity index (χ0n) is 14.0. The van der Waals surface area contributed by atoms with Gasteiger partial charge in [-0.2, -0.15) is 0 Å². The van der Waals surface area contributed by atoms with Crippen LogP contribution in [-0.2, 0) is 6.61 Å². The van der Waals surface area contributed by atoms with Gasteiger partial charge in [0.05, 0.1) is 18.1 Å². The van der Waals surface area contributed by atoms with Crippen LogP contribution in [0.2, 0.25) is 0 Å². The third kappa shape index (κ3) is 2.75. The molecule has 0 radical (unpaired) electrons. The monoisotopic (exact) mass is 359 g/mol. The largest absolute Gasteiger partial charge is 0.480 e. The van der Waals surface area contributed by atoms with Crippen LogP contribution in [0.25, 0.3) is 27.6 Å². The number of benzene rings is 2. The second kappa shape index (κ2) is 6.14. The predicted octanol–water partition coefficient (Wildman–Crippen LogP) is 3.70. The highest BCUT2D eigenvalue weighted by Crippen LogP contribution is 2.35. The molecule has 3 heterocycles. The number of aromatic nitrogens is 3. The summed E-state index contributed by atoms with van der Waals surface area (Å²) in [6.07, 6.45) is 3.36. The van der Waals surface area contributed by atoms with Crippen molar-refractivity contribution in [3.05, 3.63) is 83.2 Å². The van der Waals surface area contributed by atoms with E-state index in [1.165, 1.54) is 6.07 Å². The van der Waals surface area contributed by atoms with Gasteiger partial charge in [0.25, 0.3) is 0 Å². The normalized spacial score (nSPS) is 11.3. The molecule has 0 N–H and O–H groups in total. The lowest BCUT2D eigenvalue weighted by Gasteiger charge is -2.07. The Morgan fingerprint density at radius 2 is 1.85 bits per heavy atom. The molecule has 0 amide bonds. The van der Waals surface area contributed by atoms with Gasteiger partial charge in [0.15, 0.2) is 11.2 Å². The fourth-order valence-electron chi connectivity index (χ4n) is 2.95. The van der Waals surface area contributed by atoms with E-state index < -0.39 is 5.63 Å². The van der Waals surface area contributed by atoms with E-state index >= 15 is 0 Å². The number of nitrogens with zero attached hydrogens (tertiary/aromatic N) is 3. The Balaban J connectivity index is 1.51. The van der Waals surface area contributed by atoms with Crippen molar-refractivity contribution in [2.24, 2.45) is 0 Å². The summed E-state index contributed by atoms with van der Waals surface area (Å²) in [6.45, 7) is 0.153. The predicted molar refractivity (Wildman–Crippen MR) is 97.9 cm³/mol. The Labute approximate surface area is 152 Å². The van der Waals surface area contributed by atoms with Gasteiger partial charge >= 0.3 is 5.63 Å². The molecule has 0 spiro atoms. The summed E-state index contributed by atoms with van der Waals surface area (Å²) in [4.78, 5) is 11.7. The van der Waals surface area contributed by atoms with Crippen LogP contribution in [0.5, 0.6) is 5.75 Å². The molecule has 132 valence electrons. The SMILES string of the molecule is O=c1ccc2cc3ccoc3c(OCc3cn(-c4ccccc4)nn3)c2o1. The molecule has 0 aliphatic heterocycles. The highest BCUT2D eigenvalue weighted by Gasteiger charge is 2.15. The highest BCUT2D eigenvalue weighted by molar-refractivity contribution is 5.99. The molecule has 5 aromatic rings. The van der Waals surface area contributed by atoms with Crippen molar-refractivity contribution >= 4 is 21.9 Å². The van der Waals surface area contributed by atoms with Crippen molar-refractivity contribution < 1.29 is 13.6 Å². The van der Waals surface area contributed by atoms with Gasteiger partial charge in [-0.05, 0) is 30.3 Å². The summed E-state index contributed by atoms with van der Waals surface area (Å²) in [5, 5.41) is 9.87. The van der Waals surface area contributed by atoms with Gasteiger partial charge < -0.3 is 13.6 Å². The summed E-state index contributed by atoms with van der Waals surface area (Å²) in [6, 6.07) is 16.5. The van der Waals surface area contributed by atoms with Crippen molar-refractivity contribution in [2.45, 2.75) is 6.61 Å². The van der Waals surface area contributed by atoms with Gasteiger partial charge in [-0.1, -0.05) is 23.4 Å². The van der Waals surface area contributed by atoms with E-state index in [-0.39, 0.29) is 6.61 Å². The zero-order valence-corrected chi connectivity index (χ0v) is 14.0. The molecular weight excluding hydrogens is 346 g/mol. The van der Waals surface area contributed by atoms with Gasteiger partial charge in [0.1, 0.15) is 12.3 Å². The number of fused-ring (bicyclic) bond motifs is 2. The topological polar surface area (TPSA) is 83.3 Å². The van der Waals surface area contributed by atoms with Crippen LogP contribution < -0.4 is 10.4 Å². The van der Waals surface area contributed by atoms with E-state index in [0.29, 0.717) is 22.6 Å². The minimum atomic E-state index is -0.451. The van der Waals surface area contributed by atoms with E-state index in [9.17, 15) is 4.79 Å². The molecular formula is C20H13N3O4. The smallest absolute Gasteiger partial charge is 0.336 e.